The van der Waals surface area contributed by atoms with Gasteiger partial charge in [0.15, 0.2) is 6.10 Å². The van der Waals surface area contributed by atoms with E-state index in [4.69, 9.17) is 9.47 Å². The highest BCUT2D eigenvalue weighted by Crippen LogP contribution is 2.18. The Balaban J connectivity index is 1.54. The zero-order valence-electron chi connectivity index (χ0n) is 16.1. The zero-order valence-corrected chi connectivity index (χ0v) is 16.1. The van der Waals surface area contributed by atoms with Crippen LogP contribution in [0.25, 0.3) is 0 Å². The maximum atomic E-state index is 13.7. The lowest BCUT2D eigenvalue weighted by Gasteiger charge is -2.14. The third-order valence-corrected chi connectivity index (χ3v) is 4.19. The molecule has 3 rings (SSSR count). The van der Waals surface area contributed by atoms with Crippen molar-refractivity contribution in [2.75, 3.05) is 5.32 Å². The van der Waals surface area contributed by atoms with Gasteiger partial charge in [-0.1, -0.05) is 36.4 Å². The van der Waals surface area contributed by atoms with Crippen LogP contribution >= 0.6 is 0 Å². The second-order valence-electron chi connectivity index (χ2n) is 6.43. The molecule has 0 aromatic heterocycles. The summed E-state index contributed by atoms with van der Waals surface area (Å²) >= 11 is 0. The second-order valence-corrected chi connectivity index (χ2v) is 6.43. The number of nitrogens with one attached hydrogen (secondary N) is 1. The highest BCUT2D eigenvalue weighted by atomic mass is 19.1. The monoisotopic (exact) mass is 411 g/mol. The molecule has 30 heavy (non-hydrogen) atoms. The van der Waals surface area contributed by atoms with Crippen molar-refractivity contribution in [3.05, 3.63) is 95.6 Å². The van der Waals surface area contributed by atoms with Gasteiger partial charge in [-0.3, -0.25) is 4.79 Å². The minimum absolute atomic E-state index is 0.409. The third-order valence-electron chi connectivity index (χ3n) is 4.19. The SMILES string of the molecule is C[C@H](OC(=O)c1c(F)cccc1F)C(=O)Nc1ccc(OCc2ccccc2)cc1. The molecular weight excluding hydrogens is 392 g/mol. The summed E-state index contributed by atoms with van der Waals surface area (Å²) in [6, 6.07) is 19.3. The Kier molecular flexibility index (Phi) is 6.75. The van der Waals surface area contributed by atoms with Crippen LogP contribution in [0.15, 0.2) is 72.8 Å². The quantitative estimate of drug-likeness (QED) is 0.571. The number of halogens is 2. The molecule has 0 spiro atoms. The van der Waals surface area contributed by atoms with Crippen LogP contribution in [0.3, 0.4) is 0 Å². The summed E-state index contributed by atoms with van der Waals surface area (Å²) in [5.74, 6) is -3.39. The van der Waals surface area contributed by atoms with Gasteiger partial charge in [0.25, 0.3) is 5.91 Å². The molecule has 3 aromatic carbocycles. The molecular formula is C23H19F2NO4. The topological polar surface area (TPSA) is 64.6 Å². The van der Waals surface area contributed by atoms with Crippen molar-refractivity contribution >= 4 is 17.6 Å². The van der Waals surface area contributed by atoms with Crippen molar-refractivity contribution in [1.29, 1.82) is 0 Å². The van der Waals surface area contributed by atoms with E-state index in [0.717, 1.165) is 23.8 Å². The number of esters is 1. The molecule has 0 heterocycles. The summed E-state index contributed by atoms with van der Waals surface area (Å²) in [6.45, 7) is 1.72. The van der Waals surface area contributed by atoms with E-state index in [9.17, 15) is 18.4 Å². The van der Waals surface area contributed by atoms with E-state index in [1.165, 1.54) is 6.92 Å². The molecule has 7 heteroatoms. The standard InChI is InChI=1S/C23H19F2NO4/c1-15(30-23(28)21-19(24)8-5-9-20(21)25)22(27)26-17-10-12-18(13-11-17)29-14-16-6-3-2-4-7-16/h2-13,15H,14H2,1H3,(H,26,27)/t15-/m0/s1. The van der Waals surface area contributed by atoms with Gasteiger partial charge in [-0.05, 0) is 48.9 Å². The van der Waals surface area contributed by atoms with Crippen molar-refractivity contribution in [3.8, 4) is 5.75 Å². The van der Waals surface area contributed by atoms with Gasteiger partial charge in [0.2, 0.25) is 0 Å². The fourth-order valence-corrected chi connectivity index (χ4v) is 2.59. The Morgan fingerprint density at radius 2 is 1.53 bits per heavy atom. The number of hydrogen-bond donors (Lipinski definition) is 1. The second kappa shape index (κ2) is 9.65. The molecule has 1 amide bonds. The van der Waals surface area contributed by atoms with Crippen molar-refractivity contribution in [2.45, 2.75) is 19.6 Å². The van der Waals surface area contributed by atoms with Crippen LogP contribution in [-0.4, -0.2) is 18.0 Å². The van der Waals surface area contributed by atoms with Gasteiger partial charge in [-0.25, -0.2) is 13.6 Å². The molecule has 0 aliphatic carbocycles. The fraction of sp³-hybridized carbons (Fsp3) is 0.130. The third kappa shape index (κ3) is 5.41. The Bertz CT molecular complexity index is 1000. The number of rotatable bonds is 7. The number of amides is 1. The van der Waals surface area contributed by atoms with Crippen LogP contribution in [0.1, 0.15) is 22.8 Å². The van der Waals surface area contributed by atoms with Crippen LogP contribution in [-0.2, 0) is 16.1 Å². The van der Waals surface area contributed by atoms with E-state index >= 15 is 0 Å². The van der Waals surface area contributed by atoms with E-state index in [2.05, 4.69) is 5.32 Å². The lowest BCUT2D eigenvalue weighted by Crippen LogP contribution is -2.30. The Labute approximate surface area is 172 Å². The van der Waals surface area contributed by atoms with E-state index in [0.29, 0.717) is 18.0 Å². The fourth-order valence-electron chi connectivity index (χ4n) is 2.59. The number of anilines is 1. The number of carbonyl (C=O) groups is 2. The number of carbonyl (C=O) groups excluding carboxylic acids is 2. The molecule has 0 saturated heterocycles. The number of ether oxygens (including phenoxy) is 2. The van der Waals surface area contributed by atoms with Gasteiger partial charge in [0.1, 0.15) is 29.6 Å². The van der Waals surface area contributed by atoms with Gasteiger partial charge in [-0.15, -0.1) is 0 Å². The first-order valence-electron chi connectivity index (χ1n) is 9.16. The van der Waals surface area contributed by atoms with E-state index in [1.807, 2.05) is 30.3 Å². The van der Waals surface area contributed by atoms with Crippen molar-refractivity contribution in [1.82, 2.24) is 0 Å². The molecule has 1 atom stereocenters. The Morgan fingerprint density at radius 1 is 0.900 bits per heavy atom. The Morgan fingerprint density at radius 3 is 2.17 bits per heavy atom. The van der Waals surface area contributed by atoms with E-state index in [-0.39, 0.29) is 0 Å². The van der Waals surface area contributed by atoms with E-state index < -0.39 is 35.2 Å². The first-order chi connectivity index (χ1) is 14.4. The molecule has 0 radical (unpaired) electrons. The molecule has 0 aliphatic rings. The van der Waals surface area contributed by atoms with Gasteiger partial charge in [-0.2, -0.15) is 0 Å². The van der Waals surface area contributed by atoms with Crippen molar-refractivity contribution in [2.24, 2.45) is 0 Å². The average Bonchev–Trinajstić information content (AvgIpc) is 2.74. The predicted octanol–water partition coefficient (Wildman–Crippen LogP) is 4.73. The maximum Gasteiger partial charge on any atom is 0.344 e. The molecule has 0 bridgehead atoms. The minimum atomic E-state index is -1.26. The minimum Gasteiger partial charge on any atom is -0.489 e. The van der Waals surface area contributed by atoms with Crippen LogP contribution in [0.4, 0.5) is 14.5 Å². The first-order valence-corrected chi connectivity index (χ1v) is 9.16. The summed E-state index contributed by atoms with van der Waals surface area (Å²) in [5, 5.41) is 2.57. The lowest BCUT2D eigenvalue weighted by atomic mass is 10.2. The molecule has 0 fully saturated rings. The van der Waals surface area contributed by atoms with Gasteiger partial charge < -0.3 is 14.8 Å². The molecule has 5 nitrogen and oxygen atoms in total. The first kappa shape index (κ1) is 21.0. The van der Waals surface area contributed by atoms with Crippen molar-refractivity contribution < 1.29 is 27.8 Å². The molecule has 0 unspecified atom stereocenters. The summed E-state index contributed by atoms with van der Waals surface area (Å²) in [7, 11) is 0. The molecule has 154 valence electrons. The highest BCUT2D eigenvalue weighted by Gasteiger charge is 2.24. The summed E-state index contributed by atoms with van der Waals surface area (Å²) < 4.78 is 37.9. The Hall–Kier alpha value is -3.74. The maximum absolute atomic E-state index is 13.7. The molecule has 1 N–H and O–H groups in total. The largest absolute Gasteiger partial charge is 0.489 e. The van der Waals surface area contributed by atoms with Crippen LogP contribution < -0.4 is 10.1 Å². The van der Waals surface area contributed by atoms with Gasteiger partial charge in [0, 0.05) is 5.69 Å². The highest BCUT2D eigenvalue weighted by molar-refractivity contribution is 5.97. The number of hydrogen-bond acceptors (Lipinski definition) is 4. The normalized spacial score (nSPS) is 11.4. The van der Waals surface area contributed by atoms with Crippen LogP contribution in [0, 0.1) is 11.6 Å². The molecule has 3 aromatic rings. The van der Waals surface area contributed by atoms with Crippen LogP contribution in [0.2, 0.25) is 0 Å². The zero-order chi connectivity index (χ0) is 21.5. The van der Waals surface area contributed by atoms with E-state index in [1.54, 1.807) is 24.3 Å². The van der Waals surface area contributed by atoms with Crippen LogP contribution in [0.5, 0.6) is 5.75 Å². The smallest absolute Gasteiger partial charge is 0.344 e. The summed E-state index contributed by atoms with van der Waals surface area (Å²) in [4.78, 5) is 24.2. The summed E-state index contributed by atoms with van der Waals surface area (Å²) in [6.07, 6.45) is -1.26. The molecule has 0 aliphatic heterocycles. The van der Waals surface area contributed by atoms with Gasteiger partial charge in [0.05, 0.1) is 0 Å². The number of benzene rings is 3. The molecule has 0 saturated carbocycles. The summed E-state index contributed by atoms with van der Waals surface area (Å²) in [5.41, 5.74) is 0.640. The van der Waals surface area contributed by atoms with Crippen molar-refractivity contribution in [3.63, 3.8) is 0 Å². The lowest BCUT2D eigenvalue weighted by molar-refractivity contribution is -0.123. The average molecular weight is 411 g/mol. The predicted molar refractivity (Wildman–Crippen MR) is 107 cm³/mol. The van der Waals surface area contributed by atoms with Gasteiger partial charge >= 0.3 is 5.97 Å².